The molecule has 0 aliphatic carbocycles. The van der Waals surface area contributed by atoms with Gasteiger partial charge in [0.1, 0.15) is 23.7 Å². The number of unbranched alkanes of at least 4 members (excludes halogenated alkanes) is 5. The van der Waals surface area contributed by atoms with E-state index < -0.39 is 19.3 Å². The van der Waals surface area contributed by atoms with E-state index in [0.29, 0.717) is 30.1 Å². The molecule has 0 spiro atoms. The summed E-state index contributed by atoms with van der Waals surface area (Å²) in [7, 11) is -1.26. The topological polar surface area (TPSA) is 146 Å². The number of hydrogen-bond acceptors (Lipinski definition) is 10. The maximum Gasteiger partial charge on any atom is 0.326 e. The fourth-order valence-electron chi connectivity index (χ4n) is 3.64. The normalized spacial score (nSPS) is 14.0. The predicted molar refractivity (Wildman–Crippen MR) is 147 cm³/mol. The van der Waals surface area contributed by atoms with Crippen molar-refractivity contribution in [3.63, 3.8) is 0 Å². The van der Waals surface area contributed by atoms with Gasteiger partial charge in [-0.3, -0.25) is 15.0 Å². The van der Waals surface area contributed by atoms with Crippen LogP contribution in [0.25, 0.3) is 11.2 Å². The van der Waals surface area contributed by atoms with Crippen molar-refractivity contribution in [2.45, 2.75) is 104 Å². The van der Waals surface area contributed by atoms with Gasteiger partial charge in [0.05, 0.1) is 45.7 Å². The molecule has 2 aromatic rings. The molecule has 0 aliphatic heterocycles. The average molecular weight is 538 g/mol. The summed E-state index contributed by atoms with van der Waals surface area (Å²) in [6.45, 7) is 12.2. The van der Waals surface area contributed by atoms with E-state index in [4.69, 9.17) is 15.2 Å². The van der Waals surface area contributed by atoms with Crippen LogP contribution in [0.15, 0.2) is 12.7 Å². The van der Waals surface area contributed by atoms with Crippen molar-refractivity contribution in [2.75, 3.05) is 18.7 Å². The van der Waals surface area contributed by atoms with Crippen LogP contribution in [0.1, 0.15) is 80.1 Å². The zero-order valence-electron chi connectivity index (χ0n) is 23.1. The summed E-state index contributed by atoms with van der Waals surface area (Å²) in [5.74, 6) is 0.00502. The van der Waals surface area contributed by atoms with Crippen LogP contribution in [-0.2, 0) is 25.6 Å². The van der Waals surface area contributed by atoms with Gasteiger partial charge in [0.15, 0.2) is 11.5 Å². The summed E-state index contributed by atoms with van der Waals surface area (Å²) in [6.07, 6.45) is 10.7. The SMILES string of the molecule is CCCCCCCCOC(=O)C(C)(C)NP(COC(C)Cn1cnc2c(N)ncnc21)NC(C)(C)C=O. The highest BCUT2D eigenvalue weighted by atomic mass is 31.1. The van der Waals surface area contributed by atoms with E-state index in [1.807, 2.05) is 11.5 Å². The molecule has 0 saturated carbocycles. The lowest BCUT2D eigenvalue weighted by Gasteiger charge is -2.34. The third-order valence-electron chi connectivity index (χ3n) is 5.75. The number of anilines is 1. The molecule has 0 saturated heterocycles. The van der Waals surface area contributed by atoms with Crippen LogP contribution in [0.2, 0.25) is 0 Å². The Labute approximate surface area is 221 Å². The molecular weight excluding hydrogens is 493 g/mol. The first-order valence-corrected chi connectivity index (χ1v) is 14.5. The van der Waals surface area contributed by atoms with E-state index in [1.165, 1.54) is 25.6 Å². The third-order valence-corrected chi connectivity index (χ3v) is 7.83. The first-order chi connectivity index (χ1) is 17.5. The number of nitrogen functional groups attached to an aromatic ring is 1. The largest absolute Gasteiger partial charge is 0.464 e. The number of rotatable bonds is 18. The highest BCUT2D eigenvalue weighted by Crippen LogP contribution is 2.33. The summed E-state index contributed by atoms with van der Waals surface area (Å²) in [4.78, 5) is 36.9. The van der Waals surface area contributed by atoms with Crippen molar-refractivity contribution in [2.24, 2.45) is 0 Å². The molecule has 4 N–H and O–H groups in total. The number of nitrogens with two attached hydrogens (primary N) is 1. The second kappa shape index (κ2) is 14.7. The Morgan fingerprint density at radius 3 is 2.54 bits per heavy atom. The average Bonchev–Trinajstić information content (AvgIpc) is 3.25. The smallest absolute Gasteiger partial charge is 0.326 e. The Hall–Kier alpha value is -2.20. The number of nitrogens with zero attached hydrogens (tertiary/aromatic N) is 4. The lowest BCUT2D eigenvalue weighted by atomic mass is 10.1. The number of nitrogens with one attached hydrogen (secondary N) is 2. The number of fused-ring (bicyclic) bond motifs is 1. The number of aromatic nitrogens is 4. The van der Waals surface area contributed by atoms with Crippen molar-refractivity contribution >= 4 is 37.5 Å². The number of aldehydes is 1. The third kappa shape index (κ3) is 10.2. The van der Waals surface area contributed by atoms with Gasteiger partial charge in [0, 0.05) is 0 Å². The molecule has 0 aliphatic rings. The molecule has 2 heterocycles. The van der Waals surface area contributed by atoms with E-state index >= 15 is 0 Å². The number of imidazole rings is 1. The van der Waals surface area contributed by atoms with Crippen LogP contribution in [-0.4, -0.2) is 61.9 Å². The lowest BCUT2D eigenvalue weighted by molar-refractivity contribution is -0.149. The summed E-state index contributed by atoms with van der Waals surface area (Å²) >= 11 is 0. The summed E-state index contributed by atoms with van der Waals surface area (Å²) < 4.78 is 13.5. The molecule has 2 unspecified atom stereocenters. The fraction of sp³-hybridized carbons (Fsp3) is 0.720. The minimum Gasteiger partial charge on any atom is -0.464 e. The first kappa shape index (κ1) is 31.0. The monoisotopic (exact) mass is 537 g/mol. The van der Waals surface area contributed by atoms with Crippen LogP contribution >= 0.6 is 8.22 Å². The van der Waals surface area contributed by atoms with Crippen LogP contribution in [0, 0.1) is 0 Å². The summed E-state index contributed by atoms with van der Waals surface area (Å²) in [6, 6.07) is 0. The molecule has 2 aromatic heterocycles. The highest BCUT2D eigenvalue weighted by Gasteiger charge is 2.34. The molecule has 37 heavy (non-hydrogen) atoms. The van der Waals surface area contributed by atoms with Gasteiger partial charge in [-0.05, 0) is 41.0 Å². The first-order valence-electron chi connectivity index (χ1n) is 13.0. The Kier molecular flexibility index (Phi) is 12.3. The Balaban J connectivity index is 1.93. The molecular formula is C25H44N7O4P. The van der Waals surface area contributed by atoms with Gasteiger partial charge in [0.2, 0.25) is 0 Å². The van der Waals surface area contributed by atoms with Gasteiger partial charge in [0.25, 0.3) is 0 Å². The summed E-state index contributed by atoms with van der Waals surface area (Å²) in [5, 5.41) is 6.64. The zero-order valence-corrected chi connectivity index (χ0v) is 24.0. The standard InChI is InChI=1S/C25H44N7O4P/c1-7-8-9-10-11-12-13-35-23(34)25(5,6)31-37(30-24(3,4)15-33)18-36-19(2)14-32-17-29-20-21(26)27-16-28-22(20)32/h15-17,19,30-31H,7-14,18H2,1-6H3,(H2,26,27,28). The fourth-order valence-corrected chi connectivity index (χ4v) is 5.74. The van der Waals surface area contributed by atoms with Gasteiger partial charge < -0.3 is 24.6 Å². The number of carbonyl (C=O) groups excluding carboxylic acids is 2. The molecule has 0 fully saturated rings. The quantitative estimate of drug-likeness (QED) is 0.111. The van der Waals surface area contributed by atoms with Crippen molar-refractivity contribution in [1.29, 1.82) is 0 Å². The van der Waals surface area contributed by atoms with Gasteiger partial charge >= 0.3 is 5.97 Å². The number of ether oxygens (including phenoxy) is 2. The highest BCUT2D eigenvalue weighted by molar-refractivity contribution is 7.53. The second-order valence-corrected chi connectivity index (χ2v) is 12.0. The van der Waals surface area contributed by atoms with E-state index in [1.54, 1.807) is 34.0 Å². The molecule has 0 amide bonds. The van der Waals surface area contributed by atoms with Gasteiger partial charge in [-0.15, -0.1) is 0 Å². The molecule has 2 rings (SSSR count). The molecule has 12 heteroatoms. The predicted octanol–water partition coefficient (Wildman–Crippen LogP) is 3.92. The minimum atomic E-state index is -1.26. The maximum absolute atomic E-state index is 12.8. The van der Waals surface area contributed by atoms with Crippen molar-refractivity contribution in [3.8, 4) is 0 Å². The Morgan fingerprint density at radius 2 is 1.84 bits per heavy atom. The maximum atomic E-state index is 12.8. The molecule has 0 radical (unpaired) electrons. The zero-order chi connectivity index (χ0) is 27.5. The van der Waals surface area contributed by atoms with E-state index in [9.17, 15) is 9.59 Å². The van der Waals surface area contributed by atoms with Gasteiger partial charge in [-0.1, -0.05) is 39.0 Å². The van der Waals surface area contributed by atoms with Gasteiger partial charge in [-0.25, -0.2) is 15.0 Å². The van der Waals surface area contributed by atoms with E-state index in [2.05, 4.69) is 32.1 Å². The Bertz CT molecular complexity index is 999. The van der Waals surface area contributed by atoms with Crippen molar-refractivity contribution in [1.82, 2.24) is 29.7 Å². The molecule has 0 bridgehead atoms. The van der Waals surface area contributed by atoms with Gasteiger partial charge in [-0.2, -0.15) is 0 Å². The molecule has 2 atom stereocenters. The number of esters is 1. The molecule has 11 nitrogen and oxygen atoms in total. The van der Waals surface area contributed by atoms with Crippen LogP contribution < -0.4 is 15.9 Å². The van der Waals surface area contributed by atoms with Crippen LogP contribution in [0.5, 0.6) is 0 Å². The summed E-state index contributed by atoms with van der Waals surface area (Å²) in [5.41, 5.74) is 5.32. The van der Waals surface area contributed by atoms with Crippen molar-refractivity contribution in [3.05, 3.63) is 12.7 Å². The number of hydrogen-bond donors (Lipinski definition) is 3. The van der Waals surface area contributed by atoms with E-state index in [0.717, 1.165) is 25.5 Å². The minimum absolute atomic E-state index is 0.204. The molecule has 208 valence electrons. The van der Waals surface area contributed by atoms with Crippen molar-refractivity contribution < 1.29 is 19.1 Å². The lowest BCUT2D eigenvalue weighted by Crippen LogP contribution is -2.50. The number of carbonyl (C=O) groups is 2. The second-order valence-electron chi connectivity index (χ2n) is 10.5. The molecule has 0 aromatic carbocycles. The van der Waals surface area contributed by atoms with Crippen LogP contribution in [0.4, 0.5) is 5.82 Å². The van der Waals surface area contributed by atoms with Crippen LogP contribution in [0.3, 0.4) is 0 Å². The van der Waals surface area contributed by atoms with E-state index in [-0.39, 0.29) is 18.4 Å². The Morgan fingerprint density at radius 1 is 1.14 bits per heavy atom.